The molecule has 2 aromatic heterocycles. The number of rotatable bonds is 5. The van der Waals surface area contributed by atoms with Crippen molar-refractivity contribution in [3.63, 3.8) is 0 Å². The number of aromatic nitrogens is 1. The molecule has 0 N–H and O–H groups in total. The largest absolute Gasteiger partial charge is 0.472 e. The molecule has 22 heavy (non-hydrogen) atoms. The molecule has 0 aromatic carbocycles. The number of allylic oxidation sites excluding steroid dienone is 2. The molecule has 2 heterocycles. The topological polar surface area (TPSA) is 82.8 Å². The molecule has 0 fully saturated rings. The summed E-state index contributed by atoms with van der Waals surface area (Å²) in [6.07, 6.45) is 6.28. The second-order valence-electron chi connectivity index (χ2n) is 4.09. The number of ether oxygens (including phenoxy) is 1. The number of thiol groups is 1. The lowest BCUT2D eigenvalue weighted by Gasteiger charge is -2.10. The van der Waals surface area contributed by atoms with Gasteiger partial charge in [-0.2, -0.15) is 10.5 Å². The Morgan fingerprint density at radius 1 is 1.50 bits per heavy atom. The van der Waals surface area contributed by atoms with Gasteiger partial charge in [0.25, 0.3) is 0 Å². The van der Waals surface area contributed by atoms with Crippen LogP contribution in [-0.4, -0.2) is 11.6 Å². The van der Waals surface area contributed by atoms with Crippen LogP contribution in [0.1, 0.15) is 11.3 Å². The highest BCUT2D eigenvalue weighted by Gasteiger charge is 2.17. The van der Waals surface area contributed by atoms with Gasteiger partial charge in [0.15, 0.2) is 6.61 Å². The molecule has 2 aromatic rings. The van der Waals surface area contributed by atoms with Gasteiger partial charge in [0.1, 0.15) is 17.7 Å². The summed E-state index contributed by atoms with van der Waals surface area (Å²) >= 11 is 4.35. The van der Waals surface area contributed by atoms with E-state index in [1.807, 2.05) is 6.07 Å². The summed E-state index contributed by atoms with van der Waals surface area (Å²) in [5.41, 5.74) is 2.05. The van der Waals surface area contributed by atoms with E-state index in [1.165, 1.54) is 12.5 Å². The minimum Gasteiger partial charge on any atom is -0.472 e. The van der Waals surface area contributed by atoms with Crippen LogP contribution in [0.2, 0.25) is 0 Å². The summed E-state index contributed by atoms with van der Waals surface area (Å²) in [4.78, 5) is 4.81. The molecule has 0 spiro atoms. The van der Waals surface area contributed by atoms with Crippen LogP contribution < -0.4 is 4.74 Å². The molecule has 0 atom stereocenters. The van der Waals surface area contributed by atoms with Crippen molar-refractivity contribution in [3.8, 4) is 29.1 Å². The Bertz CT molecular complexity index is 796. The Kier molecular flexibility index (Phi) is 5.02. The Morgan fingerprint density at radius 2 is 2.32 bits per heavy atom. The maximum atomic E-state index is 9.40. The summed E-state index contributed by atoms with van der Waals surface area (Å²) in [5, 5.41) is 18.1. The molecule has 0 saturated heterocycles. The third kappa shape index (κ3) is 3.20. The van der Waals surface area contributed by atoms with Crippen molar-refractivity contribution in [1.82, 2.24) is 4.98 Å². The highest BCUT2D eigenvalue weighted by Crippen LogP contribution is 2.33. The summed E-state index contributed by atoms with van der Waals surface area (Å²) in [7, 11) is 0. The number of furan rings is 1. The highest BCUT2D eigenvalue weighted by molar-refractivity contribution is 7.90. The zero-order valence-electron chi connectivity index (χ0n) is 11.5. The number of hydrogen-bond donors (Lipinski definition) is 1. The van der Waals surface area contributed by atoms with Crippen molar-refractivity contribution < 1.29 is 9.15 Å². The van der Waals surface area contributed by atoms with E-state index in [-0.39, 0.29) is 18.1 Å². The summed E-state index contributed by atoms with van der Waals surface area (Å²) in [6, 6.07) is 7.35. The molecular weight excluding hydrogens is 298 g/mol. The second kappa shape index (κ2) is 7.16. The van der Waals surface area contributed by atoms with E-state index in [0.29, 0.717) is 21.7 Å². The number of pyridine rings is 1. The summed E-state index contributed by atoms with van der Waals surface area (Å²) in [5.74, 6) is 0.0850. The van der Waals surface area contributed by atoms with E-state index in [9.17, 15) is 5.26 Å². The smallest absolute Gasteiger partial charge is 0.233 e. The Morgan fingerprint density at radius 3 is 2.91 bits per heavy atom. The lowest BCUT2D eigenvalue weighted by Crippen LogP contribution is -2.02. The second-order valence-corrected chi connectivity index (χ2v) is 4.58. The van der Waals surface area contributed by atoms with Gasteiger partial charge in [-0.05, 0) is 18.2 Å². The molecule has 0 aliphatic carbocycles. The van der Waals surface area contributed by atoms with Crippen LogP contribution in [-0.2, 0) is 0 Å². The van der Waals surface area contributed by atoms with Gasteiger partial charge in [-0.25, -0.2) is 4.98 Å². The average Bonchev–Trinajstić information content (AvgIpc) is 3.06. The van der Waals surface area contributed by atoms with Gasteiger partial charge in [0.2, 0.25) is 5.88 Å². The molecule has 0 amide bonds. The molecular formula is C16H11N3O2S. The van der Waals surface area contributed by atoms with Crippen LogP contribution in [0.3, 0.4) is 0 Å². The molecule has 0 unspecified atom stereocenters. The minimum absolute atomic E-state index is 0.0850. The van der Waals surface area contributed by atoms with Gasteiger partial charge < -0.3 is 9.15 Å². The first-order valence-electron chi connectivity index (χ1n) is 6.20. The monoisotopic (exact) mass is 309 g/mol. The van der Waals surface area contributed by atoms with E-state index < -0.39 is 0 Å². The third-order valence-corrected chi connectivity index (χ3v) is 3.12. The molecule has 5 nitrogen and oxygen atoms in total. The SMILES string of the molecule is C=C/C=C(\S)c1cc(-c2ccoc2)c(C#N)c(OCC#N)n1. The van der Waals surface area contributed by atoms with E-state index in [4.69, 9.17) is 14.4 Å². The zero-order chi connectivity index (χ0) is 15.9. The van der Waals surface area contributed by atoms with Crippen molar-refractivity contribution in [2.24, 2.45) is 0 Å². The minimum atomic E-state index is -0.205. The van der Waals surface area contributed by atoms with Gasteiger partial charge in [-0.15, -0.1) is 12.6 Å². The van der Waals surface area contributed by atoms with E-state index >= 15 is 0 Å². The summed E-state index contributed by atoms with van der Waals surface area (Å²) in [6.45, 7) is 3.40. The number of hydrogen-bond acceptors (Lipinski definition) is 6. The molecule has 0 saturated carbocycles. The van der Waals surface area contributed by atoms with Crippen LogP contribution in [0.25, 0.3) is 16.0 Å². The molecule has 0 aliphatic rings. The van der Waals surface area contributed by atoms with Crippen LogP contribution in [0.15, 0.2) is 47.8 Å². The predicted octanol–water partition coefficient (Wildman–Crippen LogP) is 3.57. The highest BCUT2D eigenvalue weighted by atomic mass is 32.1. The van der Waals surface area contributed by atoms with Crippen LogP contribution in [0, 0.1) is 22.7 Å². The van der Waals surface area contributed by atoms with Crippen LogP contribution in [0.5, 0.6) is 5.88 Å². The fourth-order valence-corrected chi connectivity index (χ4v) is 2.03. The van der Waals surface area contributed by atoms with Crippen molar-refractivity contribution in [1.29, 1.82) is 10.5 Å². The molecule has 0 aliphatic heterocycles. The third-order valence-electron chi connectivity index (χ3n) is 2.74. The first kappa shape index (κ1) is 15.4. The number of nitrogens with zero attached hydrogens (tertiary/aromatic N) is 3. The fourth-order valence-electron chi connectivity index (χ4n) is 1.81. The average molecular weight is 309 g/mol. The van der Waals surface area contributed by atoms with Gasteiger partial charge in [0, 0.05) is 16.0 Å². The van der Waals surface area contributed by atoms with E-state index in [2.05, 4.69) is 30.3 Å². The van der Waals surface area contributed by atoms with Crippen LogP contribution in [0.4, 0.5) is 0 Å². The quantitative estimate of drug-likeness (QED) is 0.674. The van der Waals surface area contributed by atoms with Crippen LogP contribution >= 0.6 is 12.6 Å². The van der Waals surface area contributed by atoms with Crippen molar-refractivity contribution in [2.45, 2.75) is 0 Å². The lowest BCUT2D eigenvalue weighted by molar-refractivity contribution is 0.352. The van der Waals surface area contributed by atoms with E-state index in [1.54, 1.807) is 24.3 Å². The Hall–Kier alpha value is -2.96. The fraction of sp³-hybridized carbons (Fsp3) is 0.0625. The lowest BCUT2D eigenvalue weighted by atomic mass is 10.0. The van der Waals surface area contributed by atoms with Gasteiger partial charge in [-0.3, -0.25) is 0 Å². The maximum absolute atomic E-state index is 9.40. The predicted molar refractivity (Wildman–Crippen MR) is 84.9 cm³/mol. The zero-order valence-corrected chi connectivity index (χ0v) is 12.4. The molecule has 108 valence electrons. The molecule has 6 heteroatoms. The first-order chi connectivity index (χ1) is 10.7. The Balaban J connectivity index is 2.67. The van der Waals surface area contributed by atoms with Gasteiger partial charge in [-0.1, -0.05) is 12.7 Å². The number of nitriles is 2. The maximum Gasteiger partial charge on any atom is 0.233 e. The standard InChI is InChI=1S/C16H11N3O2S/c1-2-3-15(22)14-8-12(11-4-6-20-10-11)13(9-18)16(19-14)21-7-5-17/h2-4,6,8,10,22H,1,7H2/b15-3-. The van der Waals surface area contributed by atoms with Gasteiger partial charge >= 0.3 is 0 Å². The summed E-state index contributed by atoms with van der Waals surface area (Å²) < 4.78 is 10.3. The van der Waals surface area contributed by atoms with Crippen molar-refractivity contribution in [2.75, 3.05) is 6.61 Å². The van der Waals surface area contributed by atoms with Crippen molar-refractivity contribution in [3.05, 3.63) is 54.6 Å². The van der Waals surface area contributed by atoms with E-state index in [0.717, 1.165) is 0 Å². The van der Waals surface area contributed by atoms with Crippen molar-refractivity contribution >= 4 is 17.5 Å². The molecule has 0 radical (unpaired) electrons. The first-order valence-corrected chi connectivity index (χ1v) is 6.65. The Labute approximate surface area is 133 Å². The normalized spacial score (nSPS) is 10.6. The van der Waals surface area contributed by atoms with Gasteiger partial charge in [0.05, 0.1) is 18.2 Å². The molecule has 2 rings (SSSR count). The molecule has 0 bridgehead atoms.